The van der Waals surface area contributed by atoms with E-state index >= 15 is 0 Å². The van der Waals surface area contributed by atoms with Gasteiger partial charge >= 0.3 is 0 Å². The Bertz CT molecular complexity index is 942. The van der Waals surface area contributed by atoms with Gasteiger partial charge in [-0.2, -0.15) is 0 Å². The maximum absolute atomic E-state index is 12.4. The molecule has 2 aromatic heterocycles. The van der Waals surface area contributed by atoms with Crippen LogP contribution in [0.5, 0.6) is 0 Å². The molecule has 7 nitrogen and oxygen atoms in total. The minimum Gasteiger partial charge on any atom is -0.461 e. The molecule has 1 aliphatic heterocycles. The molecule has 4 rings (SSSR count). The van der Waals surface area contributed by atoms with Crippen LogP contribution in [0.2, 0.25) is 0 Å². The van der Waals surface area contributed by atoms with Crippen molar-refractivity contribution in [3.8, 4) is 0 Å². The van der Waals surface area contributed by atoms with Crippen LogP contribution in [-0.2, 0) is 6.42 Å². The van der Waals surface area contributed by atoms with Crippen molar-refractivity contribution in [2.75, 3.05) is 39.3 Å². The van der Waals surface area contributed by atoms with Crippen molar-refractivity contribution in [1.82, 2.24) is 15.1 Å². The molecule has 160 valence electrons. The number of piperazine rings is 1. The highest BCUT2D eigenvalue weighted by Crippen LogP contribution is 2.19. The molecule has 1 aromatic carbocycles. The minimum atomic E-state index is -0.0542. The van der Waals surface area contributed by atoms with Gasteiger partial charge in [0.1, 0.15) is 11.3 Å². The summed E-state index contributed by atoms with van der Waals surface area (Å²) in [6.45, 7) is 6.28. The fraction of sp³-hybridized carbons (Fsp3) is 0.364. The average Bonchev–Trinajstić information content (AvgIpc) is 3.42. The van der Waals surface area contributed by atoms with E-state index in [-0.39, 0.29) is 29.9 Å². The van der Waals surface area contributed by atoms with Crippen molar-refractivity contribution in [1.29, 1.82) is 0 Å². The van der Waals surface area contributed by atoms with Crippen LogP contribution in [0.3, 0.4) is 0 Å². The largest absolute Gasteiger partial charge is 0.461 e. The number of para-hydroxylation sites is 1. The summed E-state index contributed by atoms with van der Waals surface area (Å²) in [4.78, 5) is 21.2. The van der Waals surface area contributed by atoms with Gasteiger partial charge < -0.3 is 24.0 Å². The van der Waals surface area contributed by atoms with Gasteiger partial charge in [-0.3, -0.25) is 9.79 Å². The van der Waals surface area contributed by atoms with Crippen molar-refractivity contribution in [2.45, 2.75) is 13.3 Å². The van der Waals surface area contributed by atoms with Crippen molar-refractivity contribution < 1.29 is 13.6 Å². The topological polar surface area (TPSA) is 74.2 Å². The maximum Gasteiger partial charge on any atom is 0.289 e. The quantitative estimate of drug-likeness (QED) is 0.315. The lowest BCUT2D eigenvalue weighted by atomic mass is 10.2. The van der Waals surface area contributed by atoms with E-state index in [9.17, 15) is 4.79 Å². The van der Waals surface area contributed by atoms with E-state index in [0.717, 1.165) is 48.7 Å². The predicted octanol–water partition coefficient (Wildman–Crippen LogP) is 3.61. The van der Waals surface area contributed by atoms with E-state index < -0.39 is 0 Å². The SMILES string of the molecule is CCNC(=NCCc1cc2ccccc2o1)N1CCN(C(=O)c2ccco2)CC1.I. The van der Waals surface area contributed by atoms with E-state index in [0.29, 0.717) is 25.4 Å². The third-order valence-corrected chi connectivity index (χ3v) is 5.03. The Labute approximate surface area is 193 Å². The number of furan rings is 2. The first-order valence-electron chi connectivity index (χ1n) is 10.1. The summed E-state index contributed by atoms with van der Waals surface area (Å²) in [6, 6.07) is 13.6. The van der Waals surface area contributed by atoms with Crippen LogP contribution >= 0.6 is 24.0 Å². The Morgan fingerprint density at radius 3 is 2.57 bits per heavy atom. The Hall–Kier alpha value is -2.49. The van der Waals surface area contributed by atoms with E-state index in [1.807, 2.05) is 23.1 Å². The highest BCUT2D eigenvalue weighted by Gasteiger charge is 2.25. The number of fused-ring (bicyclic) bond motifs is 1. The lowest BCUT2D eigenvalue weighted by molar-refractivity contribution is 0.0657. The molecule has 1 amide bonds. The molecule has 0 atom stereocenters. The molecule has 0 unspecified atom stereocenters. The molecule has 0 aliphatic carbocycles. The zero-order chi connectivity index (χ0) is 20.1. The molecule has 1 aliphatic rings. The van der Waals surface area contributed by atoms with Crippen LogP contribution in [0.4, 0.5) is 0 Å². The molecule has 0 spiro atoms. The fourth-order valence-corrected chi connectivity index (χ4v) is 3.54. The molecule has 0 bridgehead atoms. The van der Waals surface area contributed by atoms with Crippen molar-refractivity contribution in [2.24, 2.45) is 4.99 Å². The van der Waals surface area contributed by atoms with Gasteiger partial charge in [0.2, 0.25) is 0 Å². The number of nitrogens with one attached hydrogen (secondary N) is 1. The first kappa shape index (κ1) is 22.2. The van der Waals surface area contributed by atoms with Crippen molar-refractivity contribution >= 4 is 46.8 Å². The molecule has 1 N–H and O–H groups in total. The van der Waals surface area contributed by atoms with Gasteiger partial charge in [-0.05, 0) is 31.2 Å². The lowest BCUT2D eigenvalue weighted by Crippen LogP contribution is -2.53. The Morgan fingerprint density at radius 1 is 1.10 bits per heavy atom. The third-order valence-electron chi connectivity index (χ3n) is 5.03. The number of hydrogen-bond acceptors (Lipinski definition) is 4. The average molecular weight is 522 g/mol. The monoisotopic (exact) mass is 522 g/mol. The summed E-state index contributed by atoms with van der Waals surface area (Å²) < 4.78 is 11.1. The second kappa shape index (κ2) is 10.5. The van der Waals surface area contributed by atoms with Crippen molar-refractivity contribution in [3.05, 3.63) is 60.2 Å². The number of benzene rings is 1. The number of carbonyl (C=O) groups is 1. The summed E-state index contributed by atoms with van der Waals surface area (Å²) in [5, 5.41) is 4.48. The number of rotatable bonds is 5. The maximum atomic E-state index is 12.4. The summed E-state index contributed by atoms with van der Waals surface area (Å²) in [5.41, 5.74) is 0.913. The molecule has 0 radical (unpaired) electrons. The van der Waals surface area contributed by atoms with Crippen LogP contribution in [0, 0.1) is 0 Å². The first-order valence-corrected chi connectivity index (χ1v) is 10.1. The summed E-state index contributed by atoms with van der Waals surface area (Å²) in [5.74, 6) is 2.17. The zero-order valence-corrected chi connectivity index (χ0v) is 19.4. The number of hydrogen-bond donors (Lipinski definition) is 1. The van der Waals surface area contributed by atoms with Crippen LogP contribution in [-0.4, -0.2) is 60.9 Å². The second-order valence-corrected chi connectivity index (χ2v) is 6.99. The normalized spacial score (nSPS) is 14.6. The van der Waals surface area contributed by atoms with Gasteiger partial charge in [0, 0.05) is 51.1 Å². The van der Waals surface area contributed by atoms with Gasteiger partial charge in [-0.25, -0.2) is 0 Å². The summed E-state index contributed by atoms with van der Waals surface area (Å²) in [7, 11) is 0. The molecule has 1 saturated heterocycles. The van der Waals surface area contributed by atoms with Crippen LogP contribution in [0.15, 0.2) is 62.6 Å². The molecule has 3 aromatic rings. The zero-order valence-electron chi connectivity index (χ0n) is 17.0. The number of guanidine groups is 1. The predicted molar refractivity (Wildman–Crippen MR) is 127 cm³/mol. The smallest absolute Gasteiger partial charge is 0.289 e. The van der Waals surface area contributed by atoms with Crippen LogP contribution in [0.1, 0.15) is 23.2 Å². The number of amides is 1. The van der Waals surface area contributed by atoms with Crippen molar-refractivity contribution in [3.63, 3.8) is 0 Å². The van der Waals surface area contributed by atoms with E-state index in [1.165, 1.54) is 6.26 Å². The second-order valence-electron chi connectivity index (χ2n) is 6.99. The van der Waals surface area contributed by atoms with Gasteiger partial charge in [-0.15, -0.1) is 24.0 Å². The van der Waals surface area contributed by atoms with E-state index in [2.05, 4.69) is 29.3 Å². The molecule has 3 heterocycles. The van der Waals surface area contributed by atoms with Crippen LogP contribution in [0.25, 0.3) is 11.0 Å². The van der Waals surface area contributed by atoms with Gasteiger partial charge in [0.25, 0.3) is 5.91 Å². The summed E-state index contributed by atoms with van der Waals surface area (Å²) >= 11 is 0. The first-order chi connectivity index (χ1) is 14.2. The highest BCUT2D eigenvalue weighted by atomic mass is 127. The number of carbonyl (C=O) groups excluding carboxylic acids is 1. The number of nitrogens with zero attached hydrogens (tertiary/aromatic N) is 3. The Morgan fingerprint density at radius 2 is 1.87 bits per heavy atom. The third kappa shape index (κ3) is 5.16. The minimum absolute atomic E-state index is 0. The molecule has 1 fully saturated rings. The highest BCUT2D eigenvalue weighted by molar-refractivity contribution is 14.0. The Kier molecular flexibility index (Phi) is 7.78. The molecular formula is C22H27IN4O3. The van der Waals surface area contributed by atoms with E-state index in [1.54, 1.807) is 12.1 Å². The van der Waals surface area contributed by atoms with Gasteiger partial charge in [-0.1, -0.05) is 18.2 Å². The van der Waals surface area contributed by atoms with Gasteiger partial charge in [0.15, 0.2) is 11.7 Å². The lowest BCUT2D eigenvalue weighted by Gasteiger charge is -2.36. The number of aliphatic imine (C=N–C) groups is 1. The summed E-state index contributed by atoms with van der Waals surface area (Å²) in [6.07, 6.45) is 2.28. The molecular weight excluding hydrogens is 495 g/mol. The fourth-order valence-electron chi connectivity index (χ4n) is 3.54. The molecule has 0 saturated carbocycles. The number of halogens is 1. The van der Waals surface area contributed by atoms with Crippen LogP contribution < -0.4 is 5.32 Å². The van der Waals surface area contributed by atoms with Gasteiger partial charge in [0.05, 0.1) is 6.26 Å². The Balaban J connectivity index is 0.00000256. The van der Waals surface area contributed by atoms with E-state index in [4.69, 9.17) is 13.8 Å². The molecule has 30 heavy (non-hydrogen) atoms. The standard InChI is InChI=1S/C22H26N4O3.HI/c1-2-23-22(24-10-9-18-16-17-6-3-4-7-19(17)29-18)26-13-11-25(12-14-26)21(27)20-8-5-15-28-20;/h3-8,15-16H,2,9-14H2,1H3,(H,23,24);1H. The molecule has 8 heteroatoms.